The summed E-state index contributed by atoms with van der Waals surface area (Å²) in [4.78, 5) is 3.22. The topological polar surface area (TPSA) is 60.9 Å². The second kappa shape index (κ2) is 11.7. The Morgan fingerprint density at radius 2 is 1.29 bits per heavy atom. The van der Waals surface area contributed by atoms with Gasteiger partial charge < -0.3 is 9.80 Å². The smallest absolute Gasteiger partial charge is 0.306 e. The normalized spacial score (nSPS) is 17.9. The predicted molar refractivity (Wildman–Crippen MR) is 100 cm³/mol. The largest absolute Gasteiger partial charge is 0.345 e. The maximum atomic E-state index is 11.4. The fourth-order valence-corrected chi connectivity index (χ4v) is 4.28. The highest BCUT2D eigenvalue weighted by atomic mass is 32.2. The maximum absolute atomic E-state index is 11.4. The summed E-state index contributed by atoms with van der Waals surface area (Å²) in [7, 11) is -2.41. The van der Waals surface area contributed by atoms with Crippen molar-refractivity contribution in [1.29, 1.82) is 0 Å². The molecule has 24 heavy (non-hydrogen) atoms. The summed E-state index contributed by atoms with van der Waals surface area (Å²) in [5.41, 5.74) is -0.954. The molecule has 0 aromatic heterocycles. The molecule has 142 valence electrons. The lowest BCUT2D eigenvalue weighted by Gasteiger charge is -2.27. The molecule has 1 heterocycles. The number of unbranched alkanes of at least 4 members (excludes halogenated alkanes) is 11. The summed E-state index contributed by atoms with van der Waals surface area (Å²) in [5, 5.41) is 0. The van der Waals surface area contributed by atoms with Gasteiger partial charge in [-0.25, -0.2) is 0 Å². The van der Waals surface area contributed by atoms with Gasteiger partial charge in [0.1, 0.15) is 0 Å². The van der Waals surface area contributed by atoms with Crippen LogP contribution in [0, 0.1) is 0 Å². The lowest BCUT2D eigenvalue weighted by Crippen LogP contribution is -2.43. The molecule has 1 N–H and O–H groups in total. The zero-order valence-electron chi connectivity index (χ0n) is 15.5. The summed E-state index contributed by atoms with van der Waals surface area (Å²) in [6.07, 6.45) is 18.9. The molecule has 0 aliphatic carbocycles. The third-order valence-corrected chi connectivity index (χ3v) is 5.80. The molecule has 5 nitrogen and oxygen atoms in total. The fraction of sp³-hybridized carbons (Fsp3) is 0.889. The first-order chi connectivity index (χ1) is 11.5. The zero-order chi connectivity index (χ0) is 17.8. The van der Waals surface area contributed by atoms with Crippen molar-refractivity contribution >= 4 is 10.1 Å². The van der Waals surface area contributed by atoms with Crippen LogP contribution in [0.15, 0.2) is 12.4 Å². The number of rotatable bonds is 14. The molecule has 1 unspecified atom stereocenters. The van der Waals surface area contributed by atoms with E-state index in [1.54, 1.807) is 24.3 Å². The molecular formula is C18H36N2O3S. The SMILES string of the molecule is CCCCCCCCCCCCCCN1C=CN(C)C1S(=O)(=O)O. The van der Waals surface area contributed by atoms with Crippen molar-refractivity contribution in [3.05, 3.63) is 12.4 Å². The molecule has 1 aliphatic rings. The summed E-state index contributed by atoms with van der Waals surface area (Å²) < 4.78 is 32.1. The molecule has 0 bridgehead atoms. The average Bonchev–Trinajstić information content (AvgIpc) is 2.89. The van der Waals surface area contributed by atoms with E-state index >= 15 is 0 Å². The Bertz CT molecular complexity index is 451. The van der Waals surface area contributed by atoms with Crippen LogP contribution in [-0.2, 0) is 10.1 Å². The van der Waals surface area contributed by atoms with Crippen LogP contribution >= 0.6 is 0 Å². The van der Waals surface area contributed by atoms with E-state index in [2.05, 4.69) is 6.92 Å². The minimum Gasteiger partial charge on any atom is -0.345 e. The highest BCUT2D eigenvalue weighted by Gasteiger charge is 2.34. The Balaban J connectivity index is 1.98. The second-order valence-electron chi connectivity index (χ2n) is 6.93. The second-order valence-corrected chi connectivity index (χ2v) is 8.38. The predicted octanol–water partition coefficient (Wildman–Crippen LogP) is 4.58. The molecule has 0 aromatic rings. The number of nitrogens with zero attached hydrogens (tertiary/aromatic N) is 2. The molecule has 0 radical (unpaired) electrons. The van der Waals surface area contributed by atoms with Gasteiger partial charge in [-0.05, 0) is 6.42 Å². The van der Waals surface area contributed by atoms with Crippen molar-refractivity contribution in [3.8, 4) is 0 Å². The monoisotopic (exact) mass is 360 g/mol. The minimum absolute atomic E-state index is 0.669. The third kappa shape index (κ3) is 8.38. The van der Waals surface area contributed by atoms with Crippen molar-refractivity contribution in [1.82, 2.24) is 9.80 Å². The lowest BCUT2D eigenvalue weighted by atomic mass is 10.1. The van der Waals surface area contributed by atoms with Crippen molar-refractivity contribution in [3.63, 3.8) is 0 Å². The zero-order valence-corrected chi connectivity index (χ0v) is 16.3. The van der Waals surface area contributed by atoms with E-state index in [1.807, 2.05) is 0 Å². The first kappa shape index (κ1) is 21.3. The molecule has 0 spiro atoms. The van der Waals surface area contributed by atoms with Crippen molar-refractivity contribution < 1.29 is 13.0 Å². The van der Waals surface area contributed by atoms with Gasteiger partial charge in [-0.3, -0.25) is 4.55 Å². The molecule has 0 aromatic carbocycles. The summed E-state index contributed by atoms with van der Waals surface area (Å²) in [6.45, 7) is 2.92. The fourth-order valence-electron chi connectivity index (χ4n) is 3.27. The highest BCUT2D eigenvalue weighted by Crippen LogP contribution is 2.19. The van der Waals surface area contributed by atoms with Gasteiger partial charge in [0.2, 0.25) is 5.50 Å². The molecular weight excluding hydrogens is 324 g/mol. The standard InChI is InChI=1S/C18H36N2O3S/c1-3-4-5-6-7-8-9-10-11-12-13-14-15-20-17-16-19(2)18(20)24(21,22)23/h16-18H,3-15H2,1-2H3,(H,21,22,23). The van der Waals surface area contributed by atoms with Crippen LogP contribution in [0.2, 0.25) is 0 Å². The van der Waals surface area contributed by atoms with Crippen LogP contribution in [-0.4, -0.2) is 41.9 Å². The van der Waals surface area contributed by atoms with E-state index in [0.717, 1.165) is 12.8 Å². The van der Waals surface area contributed by atoms with Crippen molar-refractivity contribution in [2.45, 2.75) is 89.5 Å². The Kier molecular flexibility index (Phi) is 10.4. The molecule has 0 saturated carbocycles. The quantitative estimate of drug-likeness (QED) is 0.363. The highest BCUT2D eigenvalue weighted by molar-refractivity contribution is 7.86. The van der Waals surface area contributed by atoms with E-state index in [1.165, 1.54) is 69.1 Å². The average molecular weight is 361 g/mol. The van der Waals surface area contributed by atoms with Gasteiger partial charge in [0, 0.05) is 26.0 Å². The first-order valence-corrected chi connectivity index (χ1v) is 11.1. The van der Waals surface area contributed by atoms with Crippen LogP contribution in [0.3, 0.4) is 0 Å². The van der Waals surface area contributed by atoms with E-state index < -0.39 is 15.6 Å². The molecule has 0 saturated heterocycles. The maximum Gasteiger partial charge on any atom is 0.306 e. The van der Waals surface area contributed by atoms with Crippen LogP contribution < -0.4 is 0 Å². The molecule has 1 atom stereocenters. The van der Waals surface area contributed by atoms with Crippen LogP contribution in [0.25, 0.3) is 0 Å². The summed E-state index contributed by atoms with van der Waals surface area (Å²) >= 11 is 0. The van der Waals surface area contributed by atoms with Crippen LogP contribution in [0.5, 0.6) is 0 Å². The van der Waals surface area contributed by atoms with Crippen LogP contribution in [0.1, 0.15) is 84.0 Å². The summed E-state index contributed by atoms with van der Waals surface area (Å²) in [6, 6.07) is 0. The van der Waals surface area contributed by atoms with Gasteiger partial charge in [-0.2, -0.15) is 8.42 Å². The molecule has 0 fully saturated rings. The van der Waals surface area contributed by atoms with E-state index in [9.17, 15) is 13.0 Å². The molecule has 1 aliphatic heterocycles. The number of hydrogen-bond acceptors (Lipinski definition) is 4. The minimum atomic E-state index is -4.08. The van der Waals surface area contributed by atoms with E-state index in [-0.39, 0.29) is 0 Å². The molecule has 6 heteroatoms. The lowest BCUT2D eigenvalue weighted by molar-refractivity contribution is 0.230. The van der Waals surface area contributed by atoms with Gasteiger partial charge >= 0.3 is 10.1 Å². The van der Waals surface area contributed by atoms with Crippen molar-refractivity contribution in [2.24, 2.45) is 0 Å². The van der Waals surface area contributed by atoms with Gasteiger partial charge in [-0.15, -0.1) is 0 Å². The van der Waals surface area contributed by atoms with Crippen molar-refractivity contribution in [2.75, 3.05) is 13.6 Å². The van der Waals surface area contributed by atoms with Gasteiger partial charge in [0.15, 0.2) is 0 Å². The van der Waals surface area contributed by atoms with E-state index in [0.29, 0.717) is 6.54 Å². The Labute approximate surface area is 148 Å². The van der Waals surface area contributed by atoms with E-state index in [4.69, 9.17) is 0 Å². The summed E-state index contributed by atoms with van der Waals surface area (Å²) in [5.74, 6) is 0. The Hall–Kier alpha value is -0.750. The van der Waals surface area contributed by atoms with Crippen LogP contribution in [0.4, 0.5) is 0 Å². The Morgan fingerprint density at radius 3 is 1.75 bits per heavy atom. The van der Waals surface area contributed by atoms with Gasteiger partial charge in [0.05, 0.1) is 0 Å². The van der Waals surface area contributed by atoms with Gasteiger partial charge in [-0.1, -0.05) is 77.6 Å². The molecule has 1 rings (SSSR count). The molecule has 0 amide bonds. The third-order valence-electron chi connectivity index (χ3n) is 4.66. The van der Waals surface area contributed by atoms with Gasteiger partial charge in [0.25, 0.3) is 0 Å². The Morgan fingerprint density at radius 1 is 0.833 bits per heavy atom. The first-order valence-electron chi connectivity index (χ1n) is 9.59. The number of hydrogen-bond donors (Lipinski definition) is 1.